The van der Waals surface area contributed by atoms with Crippen LogP contribution in [0.3, 0.4) is 0 Å². The molecule has 82 valence electrons. The number of pyridine rings is 1. The second-order valence-electron chi connectivity index (χ2n) is 3.06. The molecule has 0 saturated heterocycles. The predicted molar refractivity (Wildman–Crippen MR) is 60.2 cm³/mol. The van der Waals surface area contributed by atoms with Crippen molar-refractivity contribution in [3.05, 3.63) is 28.5 Å². The summed E-state index contributed by atoms with van der Waals surface area (Å²) in [5.74, 6) is 0.584. The zero-order chi connectivity index (χ0) is 11.5. The summed E-state index contributed by atoms with van der Waals surface area (Å²) in [5, 5.41) is 21.6. The molecule has 0 aliphatic rings. The molecule has 1 N–H and O–H groups in total. The van der Waals surface area contributed by atoms with Crippen molar-refractivity contribution >= 4 is 21.4 Å². The van der Waals surface area contributed by atoms with Gasteiger partial charge in [0, 0.05) is 4.47 Å². The van der Waals surface area contributed by atoms with Crippen LogP contribution < -0.4 is 4.74 Å². The van der Waals surface area contributed by atoms with Crippen LogP contribution >= 0.6 is 15.9 Å². The number of aliphatic hydroxyl groups excluding tert-OH is 1. The Hall–Kier alpha value is -1.58. The Bertz CT molecular complexity index is 559. The number of nitrogens with zero attached hydrogens (tertiary/aromatic N) is 3. The van der Waals surface area contributed by atoms with Crippen LogP contribution in [0.5, 0.6) is 5.75 Å². The molecule has 0 saturated carbocycles. The summed E-state index contributed by atoms with van der Waals surface area (Å²) in [5.41, 5.74) is 1.21. The van der Waals surface area contributed by atoms with Crippen molar-refractivity contribution in [2.45, 2.75) is 0 Å². The first-order chi connectivity index (χ1) is 7.76. The van der Waals surface area contributed by atoms with Crippen LogP contribution in [0, 0.1) is 11.3 Å². The molecule has 0 atom stereocenters. The van der Waals surface area contributed by atoms with E-state index in [4.69, 9.17) is 15.1 Å². The van der Waals surface area contributed by atoms with Gasteiger partial charge in [0.1, 0.15) is 18.4 Å². The third kappa shape index (κ3) is 1.87. The van der Waals surface area contributed by atoms with E-state index in [1.165, 1.54) is 6.20 Å². The van der Waals surface area contributed by atoms with Crippen LogP contribution in [-0.2, 0) is 0 Å². The number of ether oxygens (including phenoxy) is 1. The Labute approximate surface area is 100 Å². The van der Waals surface area contributed by atoms with Gasteiger partial charge in [0.2, 0.25) is 0 Å². The van der Waals surface area contributed by atoms with Crippen LogP contribution in [0.2, 0.25) is 0 Å². The molecule has 2 aromatic rings. The molecule has 0 bridgehead atoms. The first kappa shape index (κ1) is 10.9. The SMILES string of the molecule is N#Cc1cnn2cc(OCCO)cc(Br)c12. The van der Waals surface area contributed by atoms with E-state index in [0.29, 0.717) is 16.8 Å². The summed E-state index contributed by atoms with van der Waals surface area (Å²) >= 11 is 3.36. The average molecular weight is 282 g/mol. The topological polar surface area (TPSA) is 70.6 Å². The van der Waals surface area contributed by atoms with Gasteiger partial charge in [-0.25, -0.2) is 4.52 Å². The number of rotatable bonds is 3. The van der Waals surface area contributed by atoms with Crippen molar-refractivity contribution in [1.82, 2.24) is 9.61 Å². The first-order valence-electron chi connectivity index (χ1n) is 4.57. The van der Waals surface area contributed by atoms with E-state index in [-0.39, 0.29) is 13.2 Å². The molecule has 2 heterocycles. The maximum absolute atomic E-state index is 8.87. The molecule has 0 aliphatic heterocycles. The summed E-state index contributed by atoms with van der Waals surface area (Å²) in [7, 11) is 0. The lowest BCUT2D eigenvalue weighted by atomic mass is 10.3. The van der Waals surface area contributed by atoms with Gasteiger partial charge in [0.05, 0.1) is 30.1 Å². The molecule has 0 spiro atoms. The minimum atomic E-state index is -0.0434. The summed E-state index contributed by atoms with van der Waals surface area (Å²) < 4.78 is 7.56. The number of nitriles is 1. The Morgan fingerprint density at radius 3 is 3.12 bits per heavy atom. The molecule has 2 rings (SSSR count). The third-order valence-corrected chi connectivity index (χ3v) is 2.63. The van der Waals surface area contributed by atoms with Gasteiger partial charge in [-0.2, -0.15) is 10.4 Å². The van der Waals surface area contributed by atoms with E-state index >= 15 is 0 Å². The third-order valence-electron chi connectivity index (χ3n) is 2.02. The summed E-state index contributed by atoms with van der Waals surface area (Å²) in [6.45, 7) is 0.183. The average Bonchev–Trinajstić information content (AvgIpc) is 2.69. The highest BCUT2D eigenvalue weighted by molar-refractivity contribution is 9.10. The quantitative estimate of drug-likeness (QED) is 0.922. The van der Waals surface area contributed by atoms with E-state index in [1.807, 2.05) is 0 Å². The second kappa shape index (κ2) is 4.51. The van der Waals surface area contributed by atoms with Crippen molar-refractivity contribution in [1.29, 1.82) is 5.26 Å². The van der Waals surface area contributed by atoms with Crippen molar-refractivity contribution in [2.24, 2.45) is 0 Å². The normalized spacial score (nSPS) is 10.3. The Morgan fingerprint density at radius 1 is 1.62 bits per heavy atom. The molecule has 16 heavy (non-hydrogen) atoms. The fraction of sp³-hybridized carbons (Fsp3) is 0.200. The minimum Gasteiger partial charge on any atom is -0.490 e. The van der Waals surface area contributed by atoms with E-state index in [0.717, 1.165) is 4.47 Å². The second-order valence-corrected chi connectivity index (χ2v) is 3.91. The van der Waals surface area contributed by atoms with Gasteiger partial charge in [0.25, 0.3) is 0 Å². The summed E-state index contributed by atoms with van der Waals surface area (Å²) in [4.78, 5) is 0. The van der Waals surface area contributed by atoms with Gasteiger partial charge in [-0.1, -0.05) is 0 Å². The lowest BCUT2D eigenvalue weighted by molar-refractivity contribution is 0.200. The van der Waals surface area contributed by atoms with E-state index in [1.54, 1.807) is 16.8 Å². The number of aliphatic hydroxyl groups is 1. The van der Waals surface area contributed by atoms with Gasteiger partial charge < -0.3 is 9.84 Å². The highest BCUT2D eigenvalue weighted by atomic mass is 79.9. The predicted octanol–water partition coefficient (Wildman–Crippen LogP) is 1.34. The van der Waals surface area contributed by atoms with Crippen LogP contribution in [-0.4, -0.2) is 27.9 Å². The molecular weight excluding hydrogens is 274 g/mol. The van der Waals surface area contributed by atoms with Crippen LogP contribution in [0.15, 0.2) is 22.9 Å². The molecular formula is C10H8BrN3O2. The zero-order valence-corrected chi connectivity index (χ0v) is 9.81. The van der Waals surface area contributed by atoms with Crippen LogP contribution in [0.1, 0.15) is 5.56 Å². The molecule has 0 fully saturated rings. The van der Waals surface area contributed by atoms with Crippen molar-refractivity contribution in [3.63, 3.8) is 0 Å². The maximum atomic E-state index is 8.87. The largest absolute Gasteiger partial charge is 0.490 e. The molecule has 0 radical (unpaired) electrons. The summed E-state index contributed by atoms with van der Waals surface area (Å²) in [6, 6.07) is 3.80. The van der Waals surface area contributed by atoms with Gasteiger partial charge in [-0.3, -0.25) is 0 Å². The maximum Gasteiger partial charge on any atom is 0.138 e. The minimum absolute atomic E-state index is 0.0434. The van der Waals surface area contributed by atoms with Crippen LogP contribution in [0.4, 0.5) is 0 Å². The standard InChI is InChI=1S/C10H8BrN3O2/c11-9-3-8(16-2-1-15)6-14-10(9)7(4-12)5-13-14/h3,5-6,15H,1-2H2. The highest BCUT2D eigenvalue weighted by Gasteiger charge is 2.09. The lowest BCUT2D eigenvalue weighted by Crippen LogP contribution is -2.02. The molecule has 0 unspecified atom stereocenters. The van der Waals surface area contributed by atoms with Crippen LogP contribution in [0.25, 0.3) is 5.52 Å². The number of fused-ring (bicyclic) bond motifs is 1. The zero-order valence-electron chi connectivity index (χ0n) is 8.22. The molecule has 2 aromatic heterocycles. The molecule has 6 heteroatoms. The number of aromatic nitrogens is 2. The van der Waals surface area contributed by atoms with E-state index in [2.05, 4.69) is 27.1 Å². The highest BCUT2D eigenvalue weighted by Crippen LogP contribution is 2.26. The van der Waals surface area contributed by atoms with E-state index in [9.17, 15) is 0 Å². The van der Waals surface area contributed by atoms with Crippen molar-refractivity contribution in [2.75, 3.05) is 13.2 Å². The van der Waals surface area contributed by atoms with E-state index < -0.39 is 0 Å². The van der Waals surface area contributed by atoms with Gasteiger partial charge >= 0.3 is 0 Å². The molecule has 0 aliphatic carbocycles. The van der Waals surface area contributed by atoms with Gasteiger partial charge in [0.15, 0.2) is 0 Å². The van der Waals surface area contributed by atoms with Gasteiger partial charge in [-0.05, 0) is 22.0 Å². The Morgan fingerprint density at radius 2 is 2.44 bits per heavy atom. The Kier molecular flexibility index (Phi) is 3.08. The van der Waals surface area contributed by atoms with Gasteiger partial charge in [-0.15, -0.1) is 0 Å². The van der Waals surface area contributed by atoms with Crippen molar-refractivity contribution < 1.29 is 9.84 Å². The molecule has 0 aromatic carbocycles. The molecule has 0 amide bonds. The monoisotopic (exact) mass is 281 g/mol. The first-order valence-corrected chi connectivity index (χ1v) is 5.36. The number of halogens is 1. The lowest BCUT2D eigenvalue weighted by Gasteiger charge is -2.05. The number of hydrogen-bond donors (Lipinski definition) is 1. The fourth-order valence-electron chi connectivity index (χ4n) is 1.37. The summed E-state index contributed by atoms with van der Waals surface area (Å²) in [6.07, 6.45) is 3.16. The smallest absolute Gasteiger partial charge is 0.138 e. The van der Waals surface area contributed by atoms with Crippen molar-refractivity contribution in [3.8, 4) is 11.8 Å². The Balaban J connectivity index is 2.49. The fourth-order valence-corrected chi connectivity index (χ4v) is 1.99. The molecule has 5 nitrogen and oxygen atoms in total. The number of hydrogen-bond acceptors (Lipinski definition) is 4.